The first kappa shape index (κ1) is 25.6. The molecule has 0 saturated heterocycles. The van der Waals surface area contributed by atoms with Crippen molar-refractivity contribution in [1.82, 2.24) is 0 Å². The second-order valence-corrected chi connectivity index (χ2v) is 14.7. The van der Waals surface area contributed by atoms with E-state index in [-0.39, 0.29) is 10.9 Å². The van der Waals surface area contributed by atoms with Gasteiger partial charge >= 0.3 is 0 Å². The number of rotatable bonds is 4. The summed E-state index contributed by atoms with van der Waals surface area (Å²) in [5, 5.41) is 11.1. The fraction of sp³-hybridized carbons (Fsp3) is 0.345. The van der Waals surface area contributed by atoms with Crippen molar-refractivity contribution in [2.24, 2.45) is 23.2 Å². The van der Waals surface area contributed by atoms with Crippen LogP contribution in [-0.2, 0) is 15.7 Å². The Morgan fingerprint density at radius 3 is 1.51 bits per heavy atom. The summed E-state index contributed by atoms with van der Waals surface area (Å²) in [4.78, 5) is 15.0. The van der Waals surface area contributed by atoms with Gasteiger partial charge in [0.15, 0.2) is 14.7 Å². The zero-order valence-corrected chi connectivity index (χ0v) is 24.8. The van der Waals surface area contributed by atoms with Crippen molar-refractivity contribution in [2.45, 2.75) is 53.2 Å². The number of aliphatic carboxylic acids is 1. The Morgan fingerprint density at radius 1 is 0.743 bits per heavy atom. The molecule has 0 N–H and O–H groups in total. The minimum Gasteiger partial charge on any atom is -0.550 e. The van der Waals surface area contributed by atoms with Gasteiger partial charge in [-0.2, -0.15) is 0 Å². The van der Waals surface area contributed by atoms with Crippen LogP contribution in [0, 0.1) is 23.2 Å². The van der Waals surface area contributed by atoms with Gasteiger partial charge in [-0.1, -0.05) is 52.3 Å². The Kier molecular flexibility index (Phi) is 7.83. The Morgan fingerprint density at radius 2 is 1.14 bits per heavy atom. The number of halogens is 3. The van der Waals surface area contributed by atoms with E-state index in [1.54, 1.807) is 0 Å². The van der Waals surface area contributed by atoms with Crippen LogP contribution >= 0.6 is 47.8 Å². The first-order chi connectivity index (χ1) is 16.8. The lowest BCUT2D eigenvalue weighted by Gasteiger charge is -2.57. The highest BCUT2D eigenvalue weighted by Gasteiger charge is 2.51. The Balaban J connectivity index is 0.000000164. The number of carboxylic acids is 1. The van der Waals surface area contributed by atoms with Crippen molar-refractivity contribution >= 4 is 64.7 Å². The fourth-order valence-corrected chi connectivity index (χ4v) is 11.9. The number of carboxylic acid groups (broad SMARTS) is 1. The molecule has 4 aliphatic rings. The van der Waals surface area contributed by atoms with E-state index in [2.05, 4.69) is 121 Å². The standard InChI is InChI=1S/C18H12Br3S.C11H16O2/c19-13-11-16(20)18(17(21)12-13)22(14-7-3-1-4-8-14)15-9-5-2-6-10-15;12-10(13)11-4-7-1-8(5-11)3-9(2-7)6-11/h1-12H;7-9H,1-6H2,(H,12,13)/q+1;/p-1. The van der Waals surface area contributed by atoms with Gasteiger partial charge in [0.25, 0.3) is 0 Å². The lowest BCUT2D eigenvalue weighted by molar-refractivity contribution is -0.327. The van der Waals surface area contributed by atoms with Gasteiger partial charge in [0.1, 0.15) is 10.9 Å². The van der Waals surface area contributed by atoms with E-state index in [0.717, 1.165) is 32.7 Å². The van der Waals surface area contributed by atoms with Crippen LogP contribution in [0.5, 0.6) is 0 Å². The van der Waals surface area contributed by atoms with E-state index < -0.39 is 11.4 Å². The third kappa shape index (κ3) is 5.46. The number of hydrogen-bond acceptors (Lipinski definition) is 2. The molecule has 0 unspecified atom stereocenters. The molecule has 0 aromatic heterocycles. The second kappa shape index (κ2) is 10.7. The lowest BCUT2D eigenvalue weighted by atomic mass is 9.49. The van der Waals surface area contributed by atoms with Crippen molar-refractivity contribution in [3.05, 3.63) is 86.2 Å². The predicted molar refractivity (Wildman–Crippen MR) is 150 cm³/mol. The van der Waals surface area contributed by atoms with Gasteiger partial charge in [-0.25, -0.2) is 0 Å². The third-order valence-electron chi connectivity index (χ3n) is 7.60. The third-order valence-corrected chi connectivity index (χ3v) is 12.2. The highest BCUT2D eigenvalue weighted by Crippen LogP contribution is 2.59. The summed E-state index contributed by atoms with van der Waals surface area (Å²) in [7, 11) is -0.161. The van der Waals surface area contributed by atoms with Gasteiger partial charge in [-0.15, -0.1) is 0 Å². The average molecular weight is 679 g/mol. The molecule has 35 heavy (non-hydrogen) atoms. The minimum absolute atomic E-state index is 0.161. The van der Waals surface area contributed by atoms with Crippen LogP contribution in [0.3, 0.4) is 0 Å². The maximum Gasteiger partial charge on any atom is 0.194 e. The van der Waals surface area contributed by atoms with E-state index in [1.165, 1.54) is 33.9 Å². The van der Waals surface area contributed by atoms with Crippen LogP contribution in [0.4, 0.5) is 0 Å². The van der Waals surface area contributed by atoms with Crippen molar-refractivity contribution in [2.75, 3.05) is 0 Å². The summed E-state index contributed by atoms with van der Waals surface area (Å²) in [6.45, 7) is 0. The molecule has 4 bridgehead atoms. The van der Waals surface area contributed by atoms with Crippen LogP contribution < -0.4 is 5.11 Å². The fourth-order valence-electron chi connectivity index (χ4n) is 6.57. The van der Waals surface area contributed by atoms with Gasteiger partial charge < -0.3 is 9.90 Å². The van der Waals surface area contributed by atoms with Crippen molar-refractivity contribution in [1.29, 1.82) is 0 Å². The first-order valence-electron chi connectivity index (χ1n) is 12.0. The molecule has 3 aromatic rings. The Labute approximate surface area is 235 Å². The van der Waals surface area contributed by atoms with Crippen molar-refractivity contribution < 1.29 is 9.90 Å². The Hall–Kier alpha value is -1.08. The monoisotopic (exact) mass is 676 g/mol. The van der Waals surface area contributed by atoms with Crippen LogP contribution in [0.2, 0.25) is 0 Å². The predicted octanol–water partition coefficient (Wildman–Crippen LogP) is 8.02. The van der Waals surface area contributed by atoms with Gasteiger partial charge in [0, 0.05) is 15.9 Å². The summed E-state index contributed by atoms with van der Waals surface area (Å²) in [5.74, 6) is 1.38. The molecular formula is C29H27Br3O2S. The average Bonchev–Trinajstić information content (AvgIpc) is 2.82. The van der Waals surface area contributed by atoms with Gasteiger partial charge in [0.05, 0.1) is 8.95 Å². The summed E-state index contributed by atoms with van der Waals surface area (Å²) < 4.78 is 3.26. The Bertz CT molecular complexity index is 1100. The molecule has 7 rings (SSSR count). The van der Waals surface area contributed by atoms with Crippen molar-refractivity contribution in [3.63, 3.8) is 0 Å². The SMILES string of the molecule is Brc1cc(Br)c([S+](c2ccccc2)c2ccccc2)c(Br)c1.O=C([O-])C12CC3CC(CC(C3)C1)C2. The highest BCUT2D eigenvalue weighted by molar-refractivity contribution is 9.11. The molecule has 0 amide bonds. The van der Waals surface area contributed by atoms with Crippen LogP contribution in [0.25, 0.3) is 0 Å². The number of benzene rings is 3. The summed E-state index contributed by atoms with van der Waals surface area (Å²) in [6, 6.07) is 25.5. The number of carbonyl (C=O) groups excluding carboxylic acids is 1. The smallest absolute Gasteiger partial charge is 0.194 e. The zero-order chi connectivity index (χ0) is 24.6. The van der Waals surface area contributed by atoms with Crippen LogP contribution in [0.1, 0.15) is 38.5 Å². The maximum absolute atomic E-state index is 11.1. The number of hydrogen-bond donors (Lipinski definition) is 0. The zero-order valence-electron chi connectivity index (χ0n) is 19.3. The molecule has 0 atom stereocenters. The molecule has 0 spiro atoms. The van der Waals surface area contributed by atoms with Gasteiger partial charge in [-0.3, -0.25) is 0 Å². The van der Waals surface area contributed by atoms with Crippen LogP contribution in [-0.4, -0.2) is 5.97 Å². The maximum atomic E-state index is 11.1. The molecule has 182 valence electrons. The van der Waals surface area contributed by atoms with Crippen LogP contribution in [0.15, 0.2) is 101 Å². The summed E-state index contributed by atoms with van der Waals surface area (Å²) >= 11 is 11.0. The number of carbonyl (C=O) groups is 1. The van der Waals surface area contributed by atoms with E-state index >= 15 is 0 Å². The normalized spacial score (nSPS) is 26.3. The second-order valence-electron chi connectivity index (χ2n) is 10.1. The molecule has 6 heteroatoms. The highest BCUT2D eigenvalue weighted by atomic mass is 79.9. The first-order valence-corrected chi connectivity index (χ1v) is 15.7. The molecule has 0 heterocycles. The molecule has 4 fully saturated rings. The molecule has 2 nitrogen and oxygen atoms in total. The molecule has 4 aliphatic carbocycles. The quantitative estimate of drug-likeness (QED) is 0.262. The van der Waals surface area contributed by atoms with E-state index in [1.807, 2.05) is 0 Å². The molecule has 4 saturated carbocycles. The topological polar surface area (TPSA) is 40.1 Å². The van der Waals surface area contributed by atoms with E-state index in [4.69, 9.17) is 0 Å². The van der Waals surface area contributed by atoms with Gasteiger partial charge in [0.2, 0.25) is 0 Å². The molecule has 0 radical (unpaired) electrons. The summed E-state index contributed by atoms with van der Waals surface area (Å²) in [6.07, 6.45) is 6.65. The summed E-state index contributed by atoms with van der Waals surface area (Å²) in [5.41, 5.74) is -0.394. The van der Waals surface area contributed by atoms with Crippen molar-refractivity contribution in [3.8, 4) is 0 Å². The molecular weight excluding hydrogens is 652 g/mol. The molecule has 3 aromatic carbocycles. The van der Waals surface area contributed by atoms with E-state index in [0.29, 0.717) is 17.8 Å². The molecule has 0 aliphatic heterocycles. The largest absolute Gasteiger partial charge is 0.550 e. The van der Waals surface area contributed by atoms with Gasteiger partial charge in [-0.05, 0) is 125 Å². The lowest BCUT2D eigenvalue weighted by Crippen LogP contribution is -2.54. The minimum atomic E-state index is -0.758. The van der Waals surface area contributed by atoms with E-state index in [9.17, 15) is 9.90 Å².